The molecule has 2 aromatic carbocycles. The Bertz CT molecular complexity index is 1180. The molecule has 0 aliphatic carbocycles. The predicted molar refractivity (Wildman–Crippen MR) is 112 cm³/mol. The van der Waals surface area contributed by atoms with Crippen LogP contribution in [0.2, 0.25) is 0 Å². The third-order valence-corrected chi connectivity index (χ3v) is 5.18. The summed E-state index contributed by atoms with van der Waals surface area (Å²) < 4.78 is 5.10. The van der Waals surface area contributed by atoms with Crippen LogP contribution in [0.5, 0.6) is 0 Å². The number of amides is 1. The second-order valence-corrected chi connectivity index (χ2v) is 7.13. The molecule has 1 N–H and O–H groups in total. The number of nitrogens with one attached hydrogen (secondary N) is 1. The maximum atomic E-state index is 13.1. The number of nitrogens with zero attached hydrogens (tertiary/aromatic N) is 3. The van der Waals surface area contributed by atoms with E-state index in [1.54, 1.807) is 53.4 Å². The van der Waals surface area contributed by atoms with E-state index in [1.807, 2.05) is 7.05 Å². The number of rotatable bonds is 4. The molecule has 1 aliphatic heterocycles. The van der Waals surface area contributed by atoms with E-state index in [2.05, 4.69) is 10.2 Å². The van der Waals surface area contributed by atoms with E-state index in [-0.39, 0.29) is 17.2 Å². The molecule has 154 valence electrons. The molecule has 1 saturated heterocycles. The monoisotopic (exact) mass is 408 g/mol. The second kappa shape index (κ2) is 7.96. The van der Waals surface area contributed by atoms with Crippen molar-refractivity contribution in [2.24, 2.45) is 0 Å². The molecular weight excluding hydrogens is 388 g/mol. The highest BCUT2D eigenvalue weighted by Crippen LogP contribution is 2.33. The number of carbonyl (C=O) groups is 1. The third-order valence-electron chi connectivity index (χ3n) is 5.18. The number of piperazine rings is 1. The van der Waals surface area contributed by atoms with Crippen molar-refractivity contribution in [3.05, 3.63) is 74.6 Å². The average molecular weight is 408 g/mol. The second-order valence-electron chi connectivity index (χ2n) is 7.13. The number of hydrogen-bond acceptors (Lipinski definition) is 7. The zero-order chi connectivity index (χ0) is 21.3. The fourth-order valence-electron chi connectivity index (χ4n) is 3.53. The van der Waals surface area contributed by atoms with E-state index in [0.717, 1.165) is 13.1 Å². The first-order valence-corrected chi connectivity index (χ1v) is 9.50. The molecule has 1 aliphatic rings. The summed E-state index contributed by atoms with van der Waals surface area (Å²) in [7, 11) is 2.00. The Morgan fingerprint density at radius 2 is 1.73 bits per heavy atom. The number of anilines is 2. The molecule has 3 aromatic rings. The summed E-state index contributed by atoms with van der Waals surface area (Å²) >= 11 is 0. The number of para-hydroxylation sites is 2. The van der Waals surface area contributed by atoms with Gasteiger partial charge in [0.05, 0.1) is 16.2 Å². The van der Waals surface area contributed by atoms with Crippen molar-refractivity contribution < 1.29 is 14.1 Å². The van der Waals surface area contributed by atoms with Crippen molar-refractivity contribution >= 4 is 33.9 Å². The quantitative estimate of drug-likeness (QED) is 0.402. The number of hydrogen-bond donors (Lipinski definition) is 1. The van der Waals surface area contributed by atoms with Gasteiger partial charge in [-0.2, -0.15) is 0 Å². The summed E-state index contributed by atoms with van der Waals surface area (Å²) in [6.07, 6.45) is 0. The van der Waals surface area contributed by atoms with Crippen LogP contribution in [0.1, 0.15) is 10.4 Å². The number of nitro groups is 1. The van der Waals surface area contributed by atoms with Gasteiger partial charge in [-0.1, -0.05) is 24.3 Å². The molecule has 0 bridgehead atoms. The lowest BCUT2D eigenvalue weighted by Gasteiger charge is -2.32. The molecule has 0 saturated carbocycles. The Balaban J connectivity index is 1.79. The minimum absolute atomic E-state index is 0.00507. The molecule has 9 heteroatoms. The first kappa shape index (κ1) is 19.6. The molecule has 1 aromatic heterocycles. The van der Waals surface area contributed by atoms with Gasteiger partial charge in [0.1, 0.15) is 11.3 Å². The van der Waals surface area contributed by atoms with E-state index < -0.39 is 16.2 Å². The van der Waals surface area contributed by atoms with E-state index in [4.69, 9.17) is 4.42 Å². The fourth-order valence-corrected chi connectivity index (χ4v) is 3.53. The largest absolute Gasteiger partial charge is 0.418 e. The van der Waals surface area contributed by atoms with Crippen molar-refractivity contribution in [2.45, 2.75) is 0 Å². The van der Waals surface area contributed by atoms with Crippen LogP contribution in [0.4, 0.5) is 17.1 Å². The third kappa shape index (κ3) is 3.62. The van der Waals surface area contributed by atoms with Crippen LogP contribution in [-0.2, 0) is 0 Å². The van der Waals surface area contributed by atoms with E-state index in [9.17, 15) is 19.7 Å². The van der Waals surface area contributed by atoms with Crippen molar-refractivity contribution in [1.29, 1.82) is 0 Å². The van der Waals surface area contributed by atoms with Crippen molar-refractivity contribution in [3.8, 4) is 0 Å². The lowest BCUT2D eigenvalue weighted by Crippen LogP contribution is -2.47. The standard InChI is InChI=1S/C21H20N4O5/c1-23-10-12-24(13-11-23)20(26)14-6-2-4-8-16(14)22-18-15-7-3-5-9-17(15)30-21(27)19(18)25(28)29/h2-9,22H,10-13H2,1H3. The summed E-state index contributed by atoms with van der Waals surface area (Å²) in [6, 6.07) is 13.3. The Morgan fingerprint density at radius 1 is 1.07 bits per heavy atom. The molecule has 9 nitrogen and oxygen atoms in total. The molecule has 0 atom stereocenters. The summed E-state index contributed by atoms with van der Waals surface area (Å²) in [5, 5.41) is 15.0. The van der Waals surface area contributed by atoms with Crippen LogP contribution >= 0.6 is 0 Å². The van der Waals surface area contributed by atoms with Crippen molar-refractivity contribution in [1.82, 2.24) is 9.80 Å². The number of carbonyl (C=O) groups excluding carboxylic acids is 1. The summed E-state index contributed by atoms with van der Waals surface area (Å²) in [5.41, 5.74) is -0.752. The molecule has 30 heavy (non-hydrogen) atoms. The highest BCUT2D eigenvalue weighted by molar-refractivity contribution is 6.03. The highest BCUT2D eigenvalue weighted by atomic mass is 16.6. The maximum Gasteiger partial charge on any atom is 0.417 e. The molecule has 0 unspecified atom stereocenters. The summed E-state index contributed by atoms with van der Waals surface area (Å²) in [6.45, 7) is 2.75. The van der Waals surface area contributed by atoms with Crippen molar-refractivity contribution in [2.75, 3.05) is 38.5 Å². The van der Waals surface area contributed by atoms with Gasteiger partial charge in [-0.15, -0.1) is 0 Å². The van der Waals surface area contributed by atoms with Gasteiger partial charge in [-0.25, -0.2) is 4.79 Å². The Kier molecular flexibility index (Phi) is 5.20. The van der Waals surface area contributed by atoms with Gasteiger partial charge in [0, 0.05) is 31.6 Å². The van der Waals surface area contributed by atoms with Gasteiger partial charge in [-0.3, -0.25) is 14.9 Å². The van der Waals surface area contributed by atoms with Gasteiger partial charge < -0.3 is 19.5 Å². The first-order chi connectivity index (χ1) is 14.5. The zero-order valence-corrected chi connectivity index (χ0v) is 16.3. The Hall–Kier alpha value is -3.72. The van der Waals surface area contributed by atoms with Crippen LogP contribution in [0.15, 0.2) is 57.7 Å². The zero-order valence-electron chi connectivity index (χ0n) is 16.3. The first-order valence-electron chi connectivity index (χ1n) is 9.50. The maximum absolute atomic E-state index is 13.1. The number of benzene rings is 2. The van der Waals surface area contributed by atoms with Crippen LogP contribution in [0.25, 0.3) is 11.0 Å². The minimum atomic E-state index is -1.05. The van der Waals surface area contributed by atoms with Crippen LogP contribution in [0.3, 0.4) is 0 Å². The fraction of sp³-hybridized carbons (Fsp3) is 0.238. The minimum Gasteiger partial charge on any atom is -0.418 e. The Morgan fingerprint density at radius 3 is 2.47 bits per heavy atom. The smallest absolute Gasteiger partial charge is 0.417 e. The normalized spacial score (nSPS) is 14.6. The number of fused-ring (bicyclic) bond motifs is 1. The SMILES string of the molecule is CN1CCN(C(=O)c2ccccc2Nc2c([N+](=O)[O-])c(=O)oc3ccccc23)CC1. The number of likely N-dealkylation sites (N-methyl/N-ethyl adjacent to an activating group) is 1. The van der Waals surface area contributed by atoms with Gasteiger partial charge in [0.2, 0.25) is 0 Å². The topological polar surface area (TPSA) is 109 Å². The molecule has 0 spiro atoms. The lowest BCUT2D eigenvalue weighted by molar-refractivity contribution is -0.386. The molecular formula is C21H20N4O5. The van der Waals surface area contributed by atoms with E-state index in [0.29, 0.717) is 29.7 Å². The Labute approximate surface area is 171 Å². The molecule has 2 heterocycles. The van der Waals surface area contributed by atoms with Crippen LogP contribution < -0.4 is 10.9 Å². The molecule has 0 radical (unpaired) electrons. The molecule has 1 fully saturated rings. The average Bonchev–Trinajstić information content (AvgIpc) is 2.74. The molecule has 4 rings (SSSR count). The van der Waals surface area contributed by atoms with E-state index >= 15 is 0 Å². The summed E-state index contributed by atoms with van der Waals surface area (Å²) in [5.74, 6) is -0.166. The lowest BCUT2D eigenvalue weighted by atomic mass is 10.1. The van der Waals surface area contributed by atoms with Crippen LogP contribution in [0, 0.1) is 10.1 Å². The highest BCUT2D eigenvalue weighted by Gasteiger charge is 2.27. The van der Waals surface area contributed by atoms with Crippen LogP contribution in [-0.4, -0.2) is 53.9 Å². The van der Waals surface area contributed by atoms with Gasteiger partial charge >= 0.3 is 11.3 Å². The predicted octanol–water partition coefficient (Wildman–Crippen LogP) is 2.83. The summed E-state index contributed by atoms with van der Waals surface area (Å²) in [4.78, 5) is 40.1. The van der Waals surface area contributed by atoms with Gasteiger partial charge in [0.25, 0.3) is 5.91 Å². The van der Waals surface area contributed by atoms with E-state index in [1.165, 1.54) is 0 Å². The van der Waals surface area contributed by atoms with Gasteiger partial charge in [-0.05, 0) is 31.3 Å². The molecule has 1 amide bonds. The van der Waals surface area contributed by atoms with Gasteiger partial charge in [0.15, 0.2) is 0 Å². The van der Waals surface area contributed by atoms with Crippen molar-refractivity contribution in [3.63, 3.8) is 0 Å².